The van der Waals surface area contributed by atoms with Gasteiger partial charge in [-0.2, -0.15) is 0 Å². The number of Topliss-reactive ketones (excluding diaryl/α,β-unsaturated/α-hetero) is 1. The second-order valence-electron chi connectivity index (χ2n) is 9.58. The van der Waals surface area contributed by atoms with Gasteiger partial charge in [-0.1, -0.05) is 13.0 Å². The molecule has 1 aromatic carbocycles. The van der Waals surface area contributed by atoms with E-state index in [1.807, 2.05) is 6.07 Å². The van der Waals surface area contributed by atoms with Gasteiger partial charge >= 0.3 is 0 Å². The molecule has 0 spiro atoms. The number of nitrogens with zero attached hydrogens (tertiary/aromatic N) is 1. The van der Waals surface area contributed by atoms with E-state index in [2.05, 4.69) is 10.2 Å². The standard InChI is InChI=1S/C23H30N2O4/c1-2-21(28)24-18-11-23(29)20-9-15-5-6-16(26)10-17(15)22(23,12-19(18)27)7-8-25(20)13-14-3-4-14/h5-6,10,14,18,20,26,29H,2-4,7-9,11-13H2,1H3,(H,24,28). The third kappa shape index (κ3) is 2.83. The predicted octanol–water partition coefficient (Wildman–Crippen LogP) is 1.66. The second kappa shape index (κ2) is 6.54. The molecule has 2 saturated carbocycles. The van der Waals surface area contributed by atoms with Crippen LogP contribution in [0.3, 0.4) is 0 Å². The molecule has 156 valence electrons. The molecule has 4 unspecified atom stereocenters. The second-order valence-corrected chi connectivity index (χ2v) is 9.58. The van der Waals surface area contributed by atoms with Crippen molar-refractivity contribution in [3.05, 3.63) is 29.3 Å². The molecule has 6 heteroatoms. The molecular weight excluding hydrogens is 368 g/mol. The molecule has 0 radical (unpaired) electrons. The summed E-state index contributed by atoms with van der Waals surface area (Å²) in [6, 6.07) is 4.71. The maximum absolute atomic E-state index is 13.1. The molecule has 1 heterocycles. The lowest BCUT2D eigenvalue weighted by atomic mass is 9.48. The molecule has 5 rings (SSSR count). The Morgan fingerprint density at radius 2 is 2.14 bits per heavy atom. The minimum Gasteiger partial charge on any atom is -0.508 e. The van der Waals surface area contributed by atoms with Crippen LogP contribution in [0.5, 0.6) is 5.75 Å². The summed E-state index contributed by atoms with van der Waals surface area (Å²) in [4.78, 5) is 27.5. The molecule has 2 bridgehead atoms. The molecule has 3 N–H and O–H groups in total. The van der Waals surface area contributed by atoms with Gasteiger partial charge < -0.3 is 15.5 Å². The Morgan fingerprint density at radius 1 is 1.34 bits per heavy atom. The van der Waals surface area contributed by atoms with Gasteiger partial charge in [0.05, 0.1) is 11.6 Å². The number of nitrogens with one attached hydrogen (secondary N) is 1. The summed E-state index contributed by atoms with van der Waals surface area (Å²) < 4.78 is 0. The van der Waals surface area contributed by atoms with Gasteiger partial charge in [0.25, 0.3) is 0 Å². The van der Waals surface area contributed by atoms with Gasteiger partial charge in [0.15, 0.2) is 5.78 Å². The number of hydrogen-bond donors (Lipinski definition) is 3. The third-order valence-corrected chi connectivity index (χ3v) is 7.89. The van der Waals surface area contributed by atoms with Crippen molar-refractivity contribution in [1.82, 2.24) is 10.2 Å². The number of hydrogen-bond acceptors (Lipinski definition) is 5. The first-order valence-electron chi connectivity index (χ1n) is 11.0. The monoisotopic (exact) mass is 398 g/mol. The lowest BCUT2D eigenvalue weighted by Crippen LogP contribution is -2.76. The highest BCUT2D eigenvalue weighted by Crippen LogP contribution is 2.58. The fraction of sp³-hybridized carbons (Fsp3) is 0.652. The Hall–Kier alpha value is -1.92. The summed E-state index contributed by atoms with van der Waals surface area (Å²) in [5.41, 5.74) is 0.271. The van der Waals surface area contributed by atoms with Crippen LogP contribution in [0.15, 0.2) is 18.2 Å². The third-order valence-electron chi connectivity index (χ3n) is 7.89. The first-order valence-corrected chi connectivity index (χ1v) is 11.0. The lowest BCUT2D eigenvalue weighted by Gasteiger charge is -2.64. The summed E-state index contributed by atoms with van der Waals surface area (Å²) in [6.07, 6.45) is 4.70. The molecule has 29 heavy (non-hydrogen) atoms. The van der Waals surface area contributed by atoms with Crippen LogP contribution in [0, 0.1) is 5.92 Å². The topological polar surface area (TPSA) is 89.9 Å². The summed E-state index contributed by atoms with van der Waals surface area (Å²) in [7, 11) is 0. The molecule has 6 nitrogen and oxygen atoms in total. The van der Waals surface area contributed by atoms with Crippen molar-refractivity contribution < 1.29 is 19.8 Å². The van der Waals surface area contributed by atoms with Gasteiger partial charge in [0, 0.05) is 37.3 Å². The lowest BCUT2D eigenvalue weighted by molar-refractivity contribution is -0.178. The number of carbonyl (C=O) groups excluding carboxylic acids is 2. The van der Waals surface area contributed by atoms with Gasteiger partial charge in [-0.25, -0.2) is 0 Å². The zero-order valence-corrected chi connectivity index (χ0v) is 17.0. The Kier molecular flexibility index (Phi) is 4.30. The van der Waals surface area contributed by atoms with Crippen LogP contribution in [0.2, 0.25) is 0 Å². The van der Waals surface area contributed by atoms with Crippen molar-refractivity contribution in [2.75, 3.05) is 13.1 Å². The highest BCUT2D eigenvalue weighted by atomic mass is 16.3. The molecule has 4 atom stereocenters. The van der Waals surface area contributed by atoms with Crippen molar-refractivity contribution in [2.45, 2.75) is 75.0 Å². The number of rotatable bonds is 4. The maximum atomic E-state index is 13.1. The van der Waals surface area contributed by atoms with Crippen LogP contribution < -0.4 is 5.32 Å². The molecule has 1 aliphatic heterocycles. The van der Waals surface area contributed by atoms with Crippen LogP contribution >= 0.6 is 0 Å². The first kappa shape index (κ1) is 19.1. The molecule has 0 aromatic heterocycles. The van der Waals surface area contributed by atoms with Crippen LogP contribution in [0.25, 0.3) is 0 Å². The number of phenols is 1. The minimum atomic E-state index is -1.10. The number of carbonyl (C=O) groups is 2. The fourth-order valence-corrected chi connectivity index (χ4v) is 6.18. The number of amides is 1. The summed E-state index contributed by atoms with van der Waals surface area (Å²) in [5, 5.41) is 25.3. The molecule has 3 aliphatic carbocycles. The van der Waals surface area contributed by atoms with E-state index in [1.165, 1.54) is 12.8 Å². The van der Waals surface area contributed by atoms with Gasteiger partial charge in [-0.15, -0.1) is 0 Å². The number of phenolic OH excluding ortho intramolecular Hbond substituents is 1. The first-order chi connectivity index (χ1) is 13.9. The smallest absolute Gasteiger partial charge is 0.220 e. The molecule has 1 saturated heterocycles. The van der Waals surface area contributed by atoms with Crippen molar-refractivity contribution in [2.24, 2.45) is 5.92 Å². The van der Waals surface area contributed by atoms with Crippen molar-refractivity contribution >= 4 is 11.7 Å². The Morgan fingerprint density at radius 3 is 2.86 bits per heavy atom. The minimum absolute atomic E-state index is 0.0120. The Bertz CT molecular complexity index is 866. The quantitative estimate of drug-likeness (QED) is 0.718. The number of benzene rings is 1. The summed E-state index contributed by atoms with van der Waals surface area (Å²) in [6.45, 7) is 3.62. The van der Waals surface area contributed by atoms with Crippen molar-refractivity contribution in [3.8, 4) is 5.75 Å². The zero-order valence-electron chi connectivity index (χ0n) is 17.0. The predicted molar refractivity (Wildman–Crippen MR) is 108 cm³/mol. The SMILES string of the molecule is CCC(=O)NC1CC2(O)C3Cc4ccc(O)cc4C2(CCN3CC2CC2)CC1=O. The van der Waals surface area contributed by atoms with Gasteiger partial charge in [0.1, 0.15) is 5.75 Å². The average molecular weight is 399 g/mol. The van der Waals surface area contributed by atoms with E-state index in [-0.39, 0.29) is 36.3 Å². The molecule has 4 aliphatic rings. The highest BCUT2D eigenvalue weighted by molar-refractivity contribution is 5.91. The van der Waals surface area contributed by atoms with Crippen molar-refractivity contribution in [3.63, 3.8) is 0 Å². The number of aliphatic hydroxyl groups is 1. The normalized spacial score (nSPS) is 36.3. The van der Waals surface area contributed by atoms with E-state index in [1.54, 1.807) is 19.1 Å². The maximum Gasteiger partial charge on any atom is 0.220 e. The Labute approximate surface area is 171 Å². The van der Waals surface area contributed by atoms with E-state index in [9.17, 15) is 19.8 Å². The molecule has 1 aromatic rings. The summed E-state index contributed by atoms with van der Waals surface area (Å²) in [5.74, 6) is 0.722. The number of aromatic hydroxyl groups is 1. The molecular formula is C23H30N2O4. The van der Waals surface area contributed by atoms with Gasteiger partial charge in [-0.3, -0.25) is 14.5 Å². The number of ketones is 1. The highest BCUT2D eigenvalue weighted by Gasteiger charge is 2.66. The zero-order chi connectivity index (χ0) is 20.4. The van der Waals surface area contributed by atoms with Crippen molar-refractivity contribution in [1.29, 1.82) is 0 Å². The van der Waals surface area contributed by atoms with E-state index >= 15 is 0 Å². The van der Waals surface area contributed by atoms with Crippen LogP contribution in [-0.4, -0.2) is 57.6 Å². The van der Waals surface area contributed by atoms with E-state index in [0.717, 1.165) is 24.2 Å². The fourth-order valence-electron chi connectivity index (χ4n) is 6.18. The van der Waals surface area contributed by atoms with Crippen LogP contribution in [0.4, 0.5) is 0 Å². The number of piperidine rings is 1. The Balaban J connectivity index is 1.59. The summed E-state index contributed by atoms with van der Waals surface area (Å²) >= 11 is 0. The van der Waals surface area contributed by atoms with Crippen LogP contribution in [0.1, 0.15) is 56.6 Å². The largest absolute Gasteiger partial charge is 0.508 e. The van der Waals surface area contributed by atoms with Gasteiger partial charge in [-0.05, 0) is 61.4 Å². The van der Waals surface area contributed by atoms with E-state index in [0.29, 0.717) is 25.2 Å². The molecule has 1 amide bonds. The van der Waals surface area contributed by atoms with Gasteiger partial charge in [0.2, 0.25) is 5.91 Å². The average Bonchev–Trinajstić information content (AvgIpc) is 3.50. The molecule has 3 fully saturated rings. The van der Waals surface area contributed by atoms with E-state index < -0.39 is 17.1 Å². The van der Waals surface area contributed by atoms with Crippen LogP contribution in [-0.2, 0) is 21.4 Å². The number of fused-ring (bicyclic) bond motifs is 1. The number of likely N-dealkylation sites (tertiary alicyclic amines) is 1. The van der Waals surface area contributed by atoms with E-state index in [4.69, 9.17) is 0 Å².